The monoisotopic (exact) mass is 401 g/mol. The Balaban J connectivity index is 1.67. The van der Waals surface area contributed by atoms with Gasteiger partial charge in [-0.3, -0.25) is 9.59 Å². The zero-order chi connectivity index (χ0) is 20.0. The SMILES string of the molecule is C[C@@H]1Oc2ccccc2C=C1/C=c1\sc2nc(=O)c(-c3ccccc3)nn2c1=O. The number of para-hydroxylation sites is 1. The van der Waals surface area contributed by atoms with Crippen molar-refractivity contribution in [2.24, 2.45) is 0 Å². The lowest BCUT2D eigenvalue weighted by Gasteiger charge is -2.22. The maximum atomic E-state index is 12.9. The first-order chi connectivity index (χ1) is 14.1. The van der Waals surface area contributed by atoms with E-state index in [1.807, 2.05) is 55.5 Å². The highest BCUT2D eigenvalue weighted by Gasteiger charge is 2.18. The van der Waals surface area contributed by atoms with Crippen LogP contribution in [-0.4, -0.2) is 20.7 Å². The van der Waals surface area contributed by atoms with Crippen LogP contribution >= 0.6 is 11.3 Å². The van der Waals surface area contributed by atoms with E-state index in [0.717, 1.165) is 28.2 Å². The van der Waals surface area contributed by atoms with Crippen molar-refractivity contribution < 1.29 is 4.74 Å². The van der Waals surface area contributed by atoms with Crippen LogP contribution in [0.25, 0.3) is 28.4 Å². The topological polar surface area (TPSA) is 73.6 Å². The van der Waals surface area contributed by atoms with Gasteiger partial charge in [0.2, 0.25) is 4.96 Å². The molecule has 0 amide bonds. The standard InChI is InChI=1S/C22H15N3O3S/c1-13-16(11-15-9-5-6-10-17(15)28-13)12-18-21(27)25-22(29-18)23-20(26)19(24-25)14-7-3-2-4-8-14/h2-13H,1H3/b18-12-/t13-/m0/s1. The molecule has 142 valence electrons. The van der Waals surface area contributed by atoms with Crippen molar-refractivity contribution in [3.05, 3.63) is 91.0 Å². The second kappa shape index (κ2) is 6.79. The van der Waals surface area contributed by atoms with E-state index in [0.29, 0.717) is 10.1 Å². The summed E-state index contributed by atoms with van der Waals surface area (Å²) in [5.41, 5.74) is 1.87. The van der Waals surface area contributed by atoms with Crippen molar-refractivity contribution in [3.63, 3.8) is 0 Å². The van der Waals surface area contributed by atoms with E-state index in [9.17, 15) is 9.59 Å². The molecule has 0 unspecified atom stereocenters. The predicted molar refractivity (Wildman–Crippen MR) is 113 cm³/mol. The highest BCUT2D eigenvalue weighted by Crippen LogP contribution is 2.29. The second-order valence-electron chi connectivity index (χ2n) is 6.68. The highest BCUT2D eigenvalue weighted by molar-refractivity contribution is 7.15. The first kappa shape index (κ1) is 17.5. The summed E-state index contributed by atoms with van der Waals surface area (Å²) in [6.45, 7) is 1.93. The molecule has 4 aromatic rings. The molecule has 0 spiro atoms. The predicted octanol–water partition coefficient (Wildman–Crippen LogP) is 2.54. The smallest absolute Gasteiger partial charge is 0.300 e. The van der Waals surface area contributed by atoms with Crippen LogP contribution in [0.5, 0.6) is 5.75 Å². The summed E-state index contributed by atoms with van der Waals surface area (Å²) in [5, 5.41) is 4.28. The number of aromatic nitrogens is 3. The molecule has 1 aliphatic heterocycles. The average molecular weight is 401 g/mol. The van der Waals surface area contributed by atoms with Crippen molar-refractivity contribution >= 4 is 28.4 Å². The molecule has 7 heteroatoms. The van der Waals surface area contributed by atoms with Crippen LogP contribution in [0.3, 0.4) is 0 Å². The van der Waals surface area contributed by atoms with Gasteiger partial charge in [0.15, 0.2) is 5.69 Å². The highest BCUT2D eigenvalue weighted by atomic mass is 32.1. The summed E-state index contributed by atoms with van der Waals surface area (Å²) in [4.78, 5) is 29.7. The van der Waals surface area contributed by atoms with Gasteiger partial charge in [0.1, 0.15) is 11.9 Å². The third-order valence-electron chi connectivity index (χ3n) is 4.74. The molecule has 0 bridgehead atoms. The Hall–Kier alpha value is -3.58. The molecule has 3 heterocycles. The molecule has 2 aromatic carbocycles. The lowest BCUT2D eigenvalue weighted by Crippen LogP contribution is -2.28. The van der Waals surface area contributed by atoms with Crippen molar-refractivity contribution in [1.82, 2.24) is 14.6 Å². The van der Waals surface area contributed by atoms with Gasteiger partial charge in [0, 0.05) is 11.1 Å². The fourth-order valence-corrected chi connectivity index (χ4v) is 4.16. The fraction of sp³-hybridized carbons (Fsp3) is 0.0909. The Morgan fingerprint density at radius 3 is 2.66 bits per heavy atom. The van der Waals surface area contributed by atoms with Crippen molar-refractivity contribution in [2.45, 2.75) is 13.0 Å². The Kier molecular flexibility index (Phi) is 4.10. The molecule has 0 radical (unpaired) electrons. The number of ether oxygens (including phenoxy) is 1. The Bertz CT molecular complexity index is 1440. The van der Waals surface area contributed by atoms with Gasteiger partial charge in [0.25, 0.3) is 5.56 Å². The van der Waals surface area contributed by atoms with Crippen LogP contribution in [0.15, 0.2) is 69.8 Å². The van der Waals surface area contributed by atoms with E-state index in [1.165, 1.54) is 4.52 Å². The summed E-state index contributed by atoms with van der Waals surface area (Å²) in [6, 6.07) is 16.8. The fourth-order valence-electron chi connectivity index (χ4n) is 3.26. The van der Waals surface area contributed by atoms with Gasteiger partial charge in [-0.2, -0.15) is 14.6 Å². The van der Waals surface area contributed by atoms with E-state index in [1.54, 1.807) is 18.2 Å². The van der Waals surface area contributed by atoms with Gasteiger partial charge in [0.05, 0.1) is 4.53 Å². The van der Waals surface area contributed by atoms with Crippen molar-refractivity contribution in [3.8, 4) is 17.0 Å². The Morgan fingerprint density at radius 2 is 1.83 bits per heavy atom. The zero-order valence-electron chi connectivity index (χ0n) is 15.4. The van der Waals surface area contributed by atoms with Gasteiger partial charge in [-0.05, 0) is 30.7 Å². The van der Waals surface area contributed by atoms with Crippen LogP contribution in [0.4, 0.5) is 0 Å². The maximum absolute atomic E-state index is 12.9. The number of hydrogen-bond acceptors (Lipinski definition) is 6. The van der Waals surface area contributed by atoms with Gasteiger partial charge >= 0.3 is 5.56 Å². The van der Waals surface area contributed by atoms with E-state index in [2.05, 4.69) is 10.1 Å². The van der Waals surface area contributed by atoms with E-state index in [4.69, 9.17) is 4.74 Å². The molecule has 0 aliphatic carbocycles. The Morgan fingerprint density at radius 1 is 1.07 bits per heavy atom. The lowest BCUT2D eigenvalue weighted by atomic mass is 10.0. The number of fused-ring (bicyclic) bond motifs is 2. The first-order valence-corrected chi connectivity index (χ1v) is 9.90. The molecule has 29 heavy (non-hydrogen) atoms. The lowest BCUT2D eigenvalue weighted by molar-refractivity contribution is 0.259. The maximum Gasteiger partial charge on any atom is 0.300 e. The van der Waals surface area contributed by atoms with Crippen LogP contribution in [0.2, 0.25) is 0 Å². The summed E-state index contributed by atoms with van der Waals surface area (Å²) in [6.07, 6.45) is 3.60. The molecule has 5 rings (SSSR count). The summed E-state index contributed by atoms with van der Waals surface area (Å²) < 4.78 is 7.59. The quantitative estimate of drug-likeness (QED) is 0.516. The van der Waals surface area contributed by atoms with Gasteiger partial charge in [-0.25, -0.2) is 0 Å². The average Bonchev–Trinajstić information content (AvgIpc) is 3.03. The Labute approximate surface area is 169 Å². The van der Waals surface area contributed by atoms with Crippen LogP contribution in [-0.2, 0) is 0 Å². The van der Waals surface area contributed by atoms with Gasteiger partial charge < -0.3 is 4.74 Å². The van der Waals surface area contributed by atoms with E-state index >= 15 is 0 Å². The number of nitrogens with zero attached hydrogens (tertiary/aromatic N) is 3. The molecule has 1 atom stereocenters. The summed E-state index contributed by atoms with van der Waals surface area (Å²) >= 11 is 1.14. The van der Waals surface area contributed by atoms with Crippen molar-refractivity contribution in [2.75, 3.05) is 0 Å². The summed E-state index contributed by atoms with van der Waals surface area (Å²) in [7, 11) is 0. The molecule has 6 nitrogen and oxygen atoms in total. The van der Waals surface area contributed by atoms with Gasteiger partial charge in [-0.1, -0.05) is 59.9 Å². The zero-order valence-corrected chi connectivity index (χ0v) is 16.2. The largest absolute Gasteiger partial charge is 0.485 e. The van der Waals surface area contributed by atoms with Crippen LogP contribution < -0.4 is 20.4 Å². The third-order valence-corrected chi connectivity index (χ3v) is 5.70. The number of rotatable bonds is 2. The second-order valence-corrected chi connectivity index (χ2v) is 7.69. The van der Waals surface area contributed by atoms with E-state index in [-0.39, 0.29) is 22.3 Å². The molecular weight excluding hydrogens is 386 g/mol. The van der Waals surface area contributed by atoms with Crippen molar-refractivity contribution in [1.29, 1.82) is 0 Å². The molecule has 0 fully saturated rings. The van der Waals surface area contributed by atoms with Crippen LogP contribution in [0.1, 0.15) is 12.5 Å². The van der Waals surface area contributed by atoms with Gasteiger partial charge in [-0.15, -0.1) is 0 Å². The minimum absolute atomic E-state index is 0.159. The molecular formula is C22H15N3O3S. The minimum Gasteiger partial charge on any atom is -0.485 e. The number of thiazole rings is 1. The summed E-state index contributed by atoms with van der Waals surface area (Å²) in [5.74, 6) is 0.817. The molecule has 0 saturated heterocycles. The molecule has 2 aromatic heterocycles. The minimum atomic E-state index is -0.452. The third kappa shape index (κ3) is 3.05. The number of hydrogen-bond donors (Lipinski definition) is 0. The van der Waals surface area contributed by atoms with E-state index < -0.39 is 5.56 Å². The number of benzene rings is 2. The molecule has 1 aliphatic rings. The molecule has 0 saturated carbocycles. The normalized spacial score (nSPS) is 16.4. The molecule has 0 N–H and O–H groups in total. The first-order valence-electron chi connectivity index (χ1n) is 9.08. The van der Waals surface area contributed by atoms with Crippen LogP contribution in [0, 0.1) is 0 Å².